The molecule has 5 aromatic carbocycles. The monoisotopic (exact) mass is 472 g/mol. The molecule has 0 fully saturated rings. The van der Waals surface area contributed by atoms with Crippen molar-refractivity contribution in [3.63, 3.8) is 0 Å². The van der Waals surface area contributed by atoms with Gasteiger partial charge < -0.3 is 4.74 Å². The second-order valence-electron chi connectivity index (χ2n) is 9.06. The van der Waals surface area contributed by atoms with Crippen molar-refractivity contribution in [2.75, 3.05) is 0 Å². The Labute approximate surface area is 209 Å². The van der Waals surface area contributed by atoms with E-state index in [1.165, 1.54) is 27.0 Å². The summed E-state index contributed by atoms with van der Waals surface area (Å²) in [5.41, 5.74) is 2.54. The Morgan fingerprint density at radius 2 is 0.743 bits per heavy atom. The topological polar surface area (TPSA) is 9.23 Å². The summed E-state index contributed by atoms with van der Waals surface area (Å²) in [7, 11) is -0.446. The standard InChI is InChI=1S/C18H15P.C15H14O/c1-4-10-16(11-5-1)19(17-12-6-2-7-13-17)18-14-8-3-9-15-18;1-15(2)11-7-3-5-9-13(11)16-14-10-6-4-8-12(14)15/h1-15H;3-10H,1-2H3. The molecule has 0 N–H and O–H groups in total. The van der Waals surface area contributed by atoms with Gasteiger partial charge in [-0.2, -0.15) is 0 Å². The average molecular weight is 473 g/mol. The maximum absolute atomic E-state index is 5.91. The zero-order valence-electron chi connectivity index (χ0n) is 20.1. The zero-order chi connectivity index (χ0) is 24.1. The quantitative estimate of drug-likeness (QED) is 0.246. The summed E-state index contributed by atoms with van der Waals surface area (Å²) in [6, 6.07) is 48.9. The third kappa shape index (κ3) is 4.92. The van der Waals surface area contributed by atoms with E-state index in [9.17, 15) is 0 Å². The Bertz CT molecular complexity index is 1240. The summed E-state index contributed by atoms with van der Waals surface area (Å²) in [6.07, 6.45) is 0. The number of hydrogen-bond donors (Lipinski definition) is 0. The molecule has 2 heteroatoms. The van der Waals surface area contributed by atoms with E-state index in [4.69, 9.17) is 4.74 Å². The lowest BCUT2D eigenvalue weighted by Crippen LogP contribution is -2.23. The third-order valence-electron chi connectivity index (χ3n) is 6.38. The molecular weight excluding hydrogens is 443 g/mol. The summed E-state index contributed by atoms with van der Waals surface area (Å²) < 4.78 is 5.91. The minimum absolute atomic E-state index is 0.0193. The first kappa shape index (κ1) is 23.1. The highest BCUT2D eigenvalue weighted by Gasteiger charge is 2.33. The number of ether oxygens (including phenoxy) is 1. The lowest BCUT2D eigenvalue weighted by Gasteiger charge is -2.34. The van der Waals surface area contributed by atoms with Crippen LogP contribution in [0.1, 0.15) is 25.0 Å². The molecule has 35 heavy (non-hydrogen) atoms. The molecular formula is C33H29OP. The zero-order valence-corrected chi connectivity index (χ0v) is 21.0. The van der Waals surface area contributed by atoms with E-state index in [1.54, 1.807) is 0 Å². The first-order valence-electron chi connectivity index (χ1n) is 12.0. The molecule has 0 spiro atoms. The minimum atomic E-state index is -0.446. The molecule has 1 aliphatic rings. The first-order chi connectivity index (χ1) is 17.1. The van der Waals surface area contributed by atoms with Crippen LogP contribution in [0, 0.1) is 0 Å². The van der Waals surface area contributed by atoms with Gasteiger partial charge in [-0.3, -0.25) is 0 Å². The predicted molar refractivity (Wildman–Crippen MR) is 150 cm³/mol. The van der Waals surface area contributed by atoms with E-state index in [2.05, 4.69) is 129 Å². The normalized spacial score (nSPS) is 13.0. The van der Waals surface area contributed by atoms with Crippen molar-refractivity contribution < 1.29 is 4.74 Å². The van der Waals surface area contributed by atoms with Crippen LogP contribution < -0.4 is 20.7 Å². The van der Waals surface area contributed by atoms with Crippen molar-refractivity contribution in [2.45, 2.75) is 19.3 Å². The maximum atomic E-state index is 5.91. The molecule has 0 unspecified atom stereocenters. The Balaban J connectivity index is 0.000000147. The van der Waals surface area contributed by atoms with Crippen LogP contribution in [0.3, 0.4) is 0 Å². The Morgan fingerprint density at radius 3 is 1.11 bits per heavy atom. The number of fused-ring (bicyclic) bond motifs is 2. The van der Waals surface area contributed by atoms with Crippen molar-refractivity contribution >= 4 is 23.8 Å². The van der Waals surface area contributed by atoms with Gasteiger partial charge in [-0.05, 0) is 36.0 Å². The average Bonchev–Trinajstić information content (AvgIpc) is 2.91. The summed E-state index contributed by atoms with van der Waals surface area (Å²) in [5, 5.41) is 4.19. The van der Waals surface area contributed by atoms with Crippen LogP contribution in [-0.4, -0.2) is 0 Å². The van der Waals surface area contributed by atoms with Crippen molar-refractivity contribution in [2.24, 2.45) is 0 Å². The Hall–Kier alpha value is -3.67. The Kier molecular flexibility index (Phi) is 6.80. The van der Waals surface area contributed by atoms with E-state index in [1.807, 2.05) is 24.3 Å². The molecule has 5 aromatic rings. The van der Waals surface area contributed by atoms with Crippen LogP contribution >= 0.6 is 7.92 Å². The molecule has 0 aromatic heterocycles. The van der Waals surface area contributed by atoms with Crippen LogP contribution in [0.5, 0.6) is 11.5 Å². The minimum Gasteiger partial charge on any atom is -0.457 e. The SMILES string of the molecule is CC1(C)c2ccccc2Oc2ccccc21.c1ccc(P(c2ccccc2)c2ccccc2)cc1. The lowest BCUT2D eigenvalue weighted by atomic mass is 9.76. The highest BCUT2D eigenvalue weighted by Crippen LogP contribution is 2.47. The van der Waals surface area contributed by atoms with Crippen LogP contribution in [0.25, 0.3) is 0 Å². The lowest BCUT2D eigenvalue weighted by molar-refractivity contribution is 0.418. The molecule has 0 amide bonds. The van der Waals surface area contributed by atoms with Gasteiger partial charge in [0, 0.05) is 16.5 Å². The van der Waals surface area contributed by atoms with Crippen LogP contribution in [0.2, 0.25) is 0 Å². The number of hydrogen-bond acceptors (Lipinski definition) is 1. The Morgan fingerprint density at radius 1 is 0.429 bits per heavy atom. The van der Waals surface area contributed by atoms with Crippen LogP contribution in [0.4, 0.5) is 0 Å². The molecule has 0 atom stereocenters. The van der Waals surface area contributed by atoms with E-state index >= 15 is 0 Å². The second kappa shape index (κ2) is 10.3. The first-order valence-corrected chi connectivity index (χ1v) is 13.3. The fourth-order valence-corrected chi connectivity index (χ4v) is 6.89. The van der Waals surface area contributed by atoms with Crippen molar-refractivity contribution in [3.8, 4) is 11.5 Å². The van der Waals surface area contributed by atoms with Crippen molar-refractivity contribution in [1.82, 2.24) is 0 Å². The van der Waals surface area contributed by atoms with Crippen LogP contribution in [-0.2, 0) is 5.41 Å². The summed E-state index contributed by atoms with van der Waals surface area (Å²) in [6.45, 7) is 4.49. The predicted octanol–water partition coefficient (Wildman–Crippen LogP) is 7.56. The summed E-state index contributed by atoms with van der Waals surface area (Å²) in [5.74, 6) is 1.96. The highest BCUT2D eigenvalue weighted by atomic mass is 31.1. The van der Waals surface area contributed by atoms with E-state index in [0.29, 0.717) is 0 Å². The number of para-hydroxylation sites is 2. The summed E-state index contributed by atoms with van der Waals surface area (Å²) in [4.78, 5) is 0. The molecule has 0 saturated heterocycles. The van der Waals surface area contributed by atoms with Gasteiger partial charge in [0.15, 0.2) is 0 Å². The van der Waals surface area contributed by atoms with E-state index < -0.39 is 7.92 Å². The summed E-state index contributed by atoms with van der Waals surface area (Å²) >= 11 is 0. The largest absolute Gasteiger partial charge is 0.457 e. The molecule has 0 bridgehead atoms. The third-order valence-corrected chi connectivity index (χ3v) is 8.83. The van der Waals surface area contributed by atoms with Gasteiger partial charge in [0.25, 0.3) is 0 Å². The van der Waals surface area contributed by atoms with Crippen LogP contribution in [0.15, 0.2) is 140 Å². The number of rotatable bonds is 3. The van der Waals surface area contributed by atoms with E-state index in [0.717, 1.165) is 11.5 Å². The second-order valence-corrected chi connectivity index (χ2v) is 11.3. The van der Waals surface area contributed by atoms with Gasteiger partial charge in [-0.1, -0.05) is 141 Å². The van der Waals surface area contributed by atoms with E-state index in [-0.39, 0.29) is 5.41 Å². The fourth-order valence-electron chi connectivity index (χ4n) is 4.59. The van der Waals surface area contributed by atoms with Crippen molar-refractivity contribution in [3.05, 3.63) is 151 Å². The molecule has 0 radical (unpaired) electrons. The fraction of sp³-hybridized carbons (Fsp3) is 0.0909. The van der Waals surface area contributed by atoms with Gasteiger partial charge in [0.2, 0.25) is 0 Å². The molecule has 1 heterocycles. The molecule has 1 aliphatic heterocycles. The van der Waals surface area contributed by atoms with Crippen molar-refractivity contribution in [1.29, 1.82) is 0 Å². The molecule has 1 nitrogen and oxygen atoms in total. The molecule has 172 valence electrons. The molecule has 6 rings (SSSR count). The smallest absolute Gasteiger partial charge is 0.131 e. The van der Waals surface area contributed by atoms with Gasteiger partial charge in [-0.25, -0.2) is 0 Å². The maximum Gasteiger partial charge on any atom is 0.131 e. The van der Waals surface area contributed by atoms with Gasteiger partial charge in [0.1, 0.15) is 11.5 Å². The molecule has 0 aliphatic carbocycles. The molecule has 0 saturated carbocycles. The number of benzene rings is 5. The van der Waals surface area contributed by atoms with Gasteiger partial charge >= 0.3 is 0 Å². The van der Waals surface area contributed by atoms with Gasteiger partial charge in [0.05, 0.1) is 0 Å². The highest BCUT2D eigenvalue weighted by molar-refractivity contribution is 7.79. The van der Waals surface area contributed by atoms with Gasteiger partial charge in [-0.15, -0.1) is 0 Å².